The Morgan fingerprint density at radius 1 is 1.64 bits per heavy atom. The molecule has 1 aromatic rings. The van der Waals surface area contributed by atoms with Crippen molar-refractivity contribution >= 4 is 5.97 Å². The van der Waals surface area contributed by atoms with Crippen molar-refractivity contribution in [3.05, 3.63) is 16.8 Å². The van der Waals surface area contributed by atoms with E-state index in [4.69, 9.17) is 5.11 Å². The molecular formula is C8H11N3O3. The topological polar surface area (TPSA) is 88.0 Å². The fourth-order valence-electron chi connectivity index (χ4n) is 1.95. The Hall–Kier alpha value is -1.59. The molecular weight excluding hydrogens is 186 g/mol. The van der Waals surface area contributed by atoms with Crippen molar-refractivity contribution in [2.45, 2.75) is 25.3 Å². The molecule has 1 heterocycles. The Labute approximate surface area is 79.6 Å². The molecule has 6 heteroatoms. The monoisotopic (exact) mass is 197 g/mol. The third-order valence-corrected chi connectivity index (χ3v) is 2.72. The summed E-state index contributed by atoms with van der Waals surface area (Å²) in [6.07, 6.45) is 3.32. The number of aliphatic carboxylic acids is 1. The number of nitrogens with zero attached hydrogens (tertiary/aromatic N) is 2. The molecule has 0 amide bonds. The van der Waals surface area contributed by atoms with Crippen LogP contribution in [0.5, 0.6) is 0 Å². The fourth-order valence-corrected chi connectivity index (χ4v) is 1.95. The van der Waals surface area contributed by atoms with E-state index in [0.717, 1.165) is 6.42 Å². The average Bonchev–Trinajstić information content (AvgIpc) is 2.71. The molecule has 0 bridgehead atoms. The summed E-state index contributed by atoms with van der Waals surface area (Å²) in [6, 6.07) is -0.0117. The average molecular weight is 197 g/mol. The maximum Gasteiger partial charge on any atom is 0.343 e. The number of aromatic nitrogens is 3. The first kappa shape index (κ1) is 8.98. The predicted octanol–water partition coefficient (Wildman–Crippen LogP) is -0.00280. The number of rotatable bonds is 2. The van der Waals surface area contributed by atoms with Crippen LogP contribution in [0.4, 0.5) is 0 Å². The number of hydrogen-bond acceptors (Lipinski definition) is 3. The molecule has 1 aliphatic carbocycles. The van der Waals surface area contributed by atoms with Gasteiger partial charge < -0.3 is 5.11 Å². The second-order valence-corrected chi connectivity index (χ2v) is 3.57. The minimum absolute atomic E-state index is 0.0117. The van der Waals surface area contributed by atoms with Crippen molar-refractivity contribution in [3.8, 4) is 0 Å². The normalized spacial score (nSPS) is 26.6. The molecule has 0 radical (unpaired) electrons. The number of H-pyrrole nitrogens is 1. The summed E-state index contributed by atoms with van der Waals surface area (Å²) in [5, 5.41) is 14.7. The Balaban J connectivity index is 2.13. The van der Waals surface area contributed by atoms with E-state index in [2.05, 4.69) is 10.2 Å². The van der Waals surface area contributed by atoms with Crippen LogP contribution in [0.25, 0.3) is 0 Å². The zero-order chi connectivity index (χ0) is 10.1. The summed E-state index contributed by atoms with van der Waals surface area (Å²) in [7, 11) is 0. The Morgan fingerprint density at radius 3 is 2.93 bits per heavy atom. The van der Waals surface area contributed by atoms with E-state index in [1.807, 2.05) is 0 Å². The van der Waals surface area contributed by atoms with Crippen molar-refractivity contribution in [1.82, 2.24) is 14.8 Å². The fraction of sp³-hybridized carbons (Fsp3) is 0.625. The second-order valence-electron chi connectivity index (χ2n) is 3.57. The van der Waals surface area contributed by atoms with Gasteiger partial charge in [-0.2, -0.15) is 5.10 Å². The highest BCUT2D eigenvalue weighted by molar-refractivity contribution is 5.70. The van der Waals surface area contributed by atoms with E-state index < -0.39 is 5.97 Å². The SMILES string of the molecule is O=C(O)[C@@H]1CC[C@H](n2cn[nH]c2=O)C1. The van der Waals surface area contributed by atoms with Crippen LogP contribution in [0.15, 0.2) is 11.1 Å². The predicted molar refractivity (Wildman–Crippen MR) is 46.9 cm³/mol. The molecule has 0 saturated heterocycles. The summed E-state index contributed by atoms with van der Waals surface area (Å²) < 4.78 is 1.48. The van der Waals surface area contributed by atoms with E-state index in [9.17, 15) is 9.59 Å². The molecule has 6 nitrogen and oxygen atoms in total. The van der Waals surface area contributed by atoms with Gasteiger partial charge in [-0.15, -0.1) is 0 Å². The highest BCUT2D eigenvalue weighted by Gasteiger charge is 2.31. The zero-order valence-electron chi connectivity index (χ0n) is 7.51. The first-order valence-electron chi connectivity index (χ1n) is 4.53. The lowest BCUT2D eigenvalue weighted by Crippen LogP contribution is -2.20. The van der Waals surface area contributed by atoms with Gasteiger partial charge in [0.1, 0.15) is 6.33 Å². The van der Waals surface area contributed by atoms with Crippen molar-refractivity contribution in [1.29, 1.82) is 0 Å². The lowest BCUT2D eigenvalue weighted by Gasteiger charge is -2.08. The molecule has 1 aliphatic rings. The molecule has 1 fully saturated rings. The van der Waals surface area contributed by atoms with Gasteiger partial charge in [0.25, 0.3) is 0 Å². The van der Waals surface area contributed by atoms with Crippen LogP contribution in [-0.4, -0.2) is 25.8 Å². The molecule has 0 unspecified atom stereocenters. The molecule has 2 atom stereocenters. The van der Waals surface area contributed by atoms with Crippen molar-refractivity contribution in [3.63, 3.8) is 0 Å². The summed E-state index contributed by atoms with van der Waals surface area (Å²) >= 11 is 0. The molecule has 0 aromatic carbocycles. The van der Waals surface area contributed by atoms with Gasteiger partial charge in [0.05, 0.1) is 5.92 Å². The summed E-state index contributed by atoms with van der Waals surface area (Å²) in [6.45, 7) is 0. The molecule has 2 N–H and O–H groups in total. The third kappa shape index (κ3) is 1.43. The maximum atomic E-state index is 11.2. The first-order valence-corrected chi connectivity index (χ1v) is 4.53. The molecule has 2 rings (SSSR count). The Morgan fingerprint density at radius 2 is 2.43 bits per heavy atom. The minimum atomic E-state index is -0.774. The minimum Gasteiger partial charge on any atom is -0.481 e. The molecule has 0 spiro atoms. The zero-order valence-corrected chi connectivity index (χ0v) is 7.51. The van der Waals surface area contributed by atoms with Crippen LogP contribution in [-0.2, 0) is 4.79 Å². The first-order chi connectivity index (χ1) is 6.68. The number of carboxylic acids is 1. The maximum absolute atomic E-state index is 11.2. The standard InChI is InChI=1S/C8H11N3O3/c12-7(13)5-1-2-6(3-5)11-4-9-10-8(11)14/h4-6H,1-3H2,(H,10,14)(H,12,13)/t5-,6+/m1/s1. The number of nitrogens with one attached hydrogen (secondary N) is 1. The van der Waals surface area contributed by atoms with Gasteiger partial charge in [-0.25, -0.2) is 9.89 Å². The van der Waals surface area contributed by atoms with E-state index in [0.29, 0.717) is 12.8 Å². The highest BCUT2D eigenvalue weighted by atomic mass is 16.4. The van der Waals surface area contributed by atoms with Crippen molar-refractivity contribution in [2.75, 3.05) is 0 Å². The van der Waals surface area contributed by atoms with E-state index in [1.165, 1.54) is 10.9 Å². The Kier molecular flexibility index (Phi) is 2.11. The number of hydrogen-bond donors (Lipinski definition) is 2. The van der Waals surface area contributed by atoms with Gasteiger partial charge in [0.15, 0.2) is 0 Å². The molecule has 76 valence electrons. The van der Waals surface area contributed by atoms with Gasteiger partial charge in [0, 0.05) is 6.04 Å². The summed E-state index contributed by atoms with van der Waals surface area (Å²) in [5.74, 6) is -1.09. The highest BCUT2D eigenvalue weighted by Crippen LogP contribution is 2.33. The van der Waals surface area contributed by atoms with Gasteiger partial charge in [-0.05, 0) is 19.3 Å². The number of carbonyl (C=O) groups is 1. The van der Waals surface area contributed by atoms with Crippen LogP contribution < -0.4 is 5.69 Å². The molecule has 1 aromatic heterocycles. The lowest BCUT2D eigenvalue weighted by atomic mass is 10.1. The summed E-state index contributed by atoms with van der Waals surface area (Å²) in [5.41, 5.74) is -0.263. The van der Waals surface area contributed by atoms with Crippen molar-refractivity contribution < 1.29 is 9.90 Å². The second kappa shape index (κ2) is 3.28. The molecule has 14 heavy (non-hydrogen) atoms. The van der Waals surface area contributed by atoms with Crippen LogP contribution in [0.3, 0.4) is 0 Å². The van der Waals surface area contributed by atoms with Crippen LogP contribution in [0.2, 0.25) is 0 Å². The van der Waals surface area contributed by atoms with Crippen LogP contribution >= 0.6 is 0 Å². The van der Waals surface area contributed by atoms with Gasteiger partial charge in [0.2, 0.25) is 0 Å². The van der Waals surface area contributed by atoms with Crippen LogP contribution in [0.1, 0.15) is 25.3 Å². The summed E-state index contributed by atoms with van der Waals surface area (Å²) in [4.78, 5) is 21.9. The third-order valence-electron chi connectivity index (χ3n) is 2.72. The van der Waals surface area contributed by atoms with Gasteiger partial charge in [-0.3, -0.25) is 9.36 Å². The van der Waals surface area contributed by atoms with E-state index in [1.54, 1.807) is 0 Å². The molecule has 1 saturated carbocycles. The van der Waals surface area contributed by atoms with E-state index >= 15 is 0 Å². The van der Waals surface area contributed by atoms with Gasteiger partial charge >= 0.3 is 11.7 Å². The number of carboxylic acid groups (broad SMARTS) is 1. The quantitative estimate of drug-likeness (QED) is 0.698. The largest absolute Gasteiger partial charge is 0.481 e. The number of aromatic amines is 1. The Bertz CT molecular complexity index is 395. The van der Waals surface area contributed by atoms with Crippen molar-refractivity contribution in [2.24, 2.45) is 5.92 Å². The lowest BCUT2D eigenvalue weighted by molar-refractivity contribution is -0.141. The smallest absolute Gasteiger partial charge is 0.343 e. The van der Waals surface area contributed by atoms with Crippen LogP contribution in [0, 0.1) is 5.92 Å². The molecule has 0 aliphatic heterocycles. The van der Waals surface area contributed by atoms with E-state index in [-0.39, 0.29) is 17.6 Å². The van der Waals surface area contributed by atoms with Gasteiger partial charge in [-0.1, -0.05) is 0 Å².